The Bertz CT molecular complexity index is 613. The summed E-state index contributed by atoms with van der Waals surface area (Å²) in [6.45, 7) is 3.12. The molecule has 1 aliphatic heterocycles. The van der Waals surface area contributed by atoms with Gasteiger partial charge in [-0.25, -0.2) is 4.79 Å². The van der Waals surface area contributed by atoms with Crippen molar-refractivity contribution >= 4 is 11.7 Å². The first-order valence-electron chi connectivity index (χ1n) is 6.98. The van der Waals surface area contributed by atoms with Crippen LogP contribution < -0.4 is 5.32 Å². The summed E-state index contributed by atoms with van der Waals surface area (Å²) in [5, 5.41) is 6.66. The predicted molar refractivity (Wildman–Crippen MR) is 75.8 cm³/mol. The van der Waals surface area contributed by atoms with Crippen molar-refractivity contribution in [3.63, 3.8) is 0 Å². The zero-order valence-electron chi connectivity index (χ0n) is 11.8. The van der Waals surface area contributed by atoms with Gasteiger partial charge in [-0.05, 0) is 31.9 Å². The highest BCUT2D eigenvalue weighted by Crippen LogP contribution is 2.26. The van der Waals surface area contributed by atoms with Crippen molar-refractivity contribution in [2.45, 2.75) is 25.7 Å². The minimum atomic E-state index is -0.121. The van der Waals surface area contributed by atoms with Crippen LogP contribution in [-0.4, -0.2) is 39.1 Å². The lowest BCUT2D eigenvalue weighted by Gasteiger charge is -2.31. The summed E-state index contributed by atoms with van der Waals surface area (Å²) in [5.74, 6) is 1.35. The number of likely N-dealkylation sites (tertiary alicyclic amines) is 1. The van der Waals surface area contributed by atoms with Gasteiger partial charge in [0.25, 0.3) is 0 Å². The van der Waals surface area contributed by atoms with Crippen molar-refractivity contribution in [1.82, 2.24) is 20.0 Å². The maximum atomic E-state index is 12.3. The molecule has 0 aromatic carbocycles. The van der Waals surface area contributed by atoms with Crippen molar-refractivity contribution in [3.05, 3.63) is 36.2 Å². The normalized spacial score (nSPS) is 18.5. The number of carbonyl (C=O) groups is 1. The Labute approximate surface area is 122 Å². The van der Waals surface area contributed by atoms with Crippen molar-refractivity contribution < 1.29 is 9.32 Å². The maximum absolute atomic E-state index is 12.3. The van der Waals surface area contributed by atoms with Crippen LogP contribution >= 0.6 is 0 Å². The van der Waals surface area contributed by atoms with Gasteiger partial charge < -0.3 is 14.7 Å². The second-order valence-electron chi connectivity index (χ2n) is 5.14. The molecule has 1 fully saturated rings. The fourth-order valence-electron chi connectivity index (χ4n) is 2.48. The monoisotopic (exact) mass is 287 g/mol. The summed E-state index contributed by atoms with van der Waals surface area (Å²) in [7, 11) is 0. The van der Waals surface area contributed by atoms with E-state index in [-0.39, 0.29) is 11.9 Å². The molecule has 0 spiro atoms. The molecule has 1 N–H and O–H groups in total. The van der Waals surface area contributed by atoms with Gasteiger partial charge in [0.05, 0.1) is 17.8 Å². The predicted octanol–water partition coefficient (Wildman–Crippen LogP) is 2.18. The van der Waals surface area contributed by atoms with E-state index in [2.05, 4.69) is 20.4 Å². The first-order chi connectivity index (χ1) is 10.2. The van der Waals surface area contributed by atoms with E-state index in [1.165, 1.54) is 0 Å². The Morgan fingerprint density at radius 3 is 3.14 bits per heavy atom. The number of aromatic nitrogens is 3. The van der Waals surface area contributed by atoms with E-state index in [0.29, 0.717) is 23.9 Å². The molecule has 110 valence electrons. The van der Waals surface area contributed by atoms with Gasteiger partial charge in [0, 0.05) is 19.3 Å². The molecule has 0 aliphatic carbocycles. The molecule has 7 nitrogen and oxygen atoms in total. The molecule has 1 saturated heterocycles. The molecule has 1 unspecified atom stereocenters. The summed E-state index contributed by atoms with van der Waals surface area (Å²) in [6, 6.07) is 3.48. The number of anilines is 1. The number of hydrogen-bond donors (Lipinski definition) is 1. The molecule has 2 aromatic rings. The molecule has 0 bridgehead atoms. The maximum Gasteiger partial charge on any atom is 0.321 e. The fourth-order valence-corrected chi connectivity index (χ4v) is 2.48. The molecule has 1 atom stereocenters. The Hall–Kier alpha value is -2.44. The number of nitrogens with one attached hydrogen (secondary N) is 1. The lowest BCUT2D eigenvalue weighted by Crippen LogP contribution is -2.41. The van der Waals surface area contributed by atoms with Crippen molar-refractivity contribution in [3.8, 4) is 0 Å². The highest BCUT2D eigenvalue weighted by molar-refractivity contribution is 5.89. The second-order valence-corrected chi connectivity index (χ2v) is 5.14. The molecule has 21 heavy (non-hydrogen) atoms. The number of nitrogens with zero attached hydrogens (tertiary/aromatic N) is 4. The van der Waals surface area contributed by atoms with Gasteiger partial charge in [-0.3, -0.25) is 4.98 Å². The van der Waals surface area contributed by atoms with Crippen LogP contribution in [0.4, 0.5) is 10.5 Å². The molecule has 0 radical (unpaired) electrons. The topological polar surface area (TPSA) is 84.2 Å². The number of hydrogen-bond acceptors (Lipinski definition) is 5. The third-order valence-electron chi connectivity index (χ3n) is 3.51. The smallest absolute Gasteiger partial charge is 0.321 e. The van der Waals surface area contributed by atoms with Crippen molar-refractivity contribution in [2.24, 2.45) is 0 Å². The molecular formula is C14H17N5O2. The quantitative estimate of drug-likeness (QED) is 0.915. The zero-order valence-corrected chi connectivity index (χ0v) is 11.8. The number of carbonyl (C=O) groups excluding carboxylic acids is 1. The minimum absolute atomic E-state index is 0.111. The molecule has 2 aromatic heterocycles. The van der Waals surface area contributed by atoms with Crippen molar-refractivity contribution in [2.75, 3.05) is 18.4 Å². The third-order valence-corrected chi connectivity index (χ3v) is 3.51. The van der Waals surface area contributed by atoms with E-state index in [1.807, 2.05) is 6.07 Å². The van der Waals surface area contributed by atoms with Crippen LogP contribution in [0, 0.1) is 6.92 Å². The summed E-state index contributed by atoms with van der Waals surface area (Å²) >= 11 is 0. The fraction of sp³-hybridized carbons (Fsp3) is 0.429. The lowest BCUT2D eigenvalue weighted by molar-refractivity contribution is 0.184. The van der Waals surface area contributed by atoms with Gasteiger partial charge in [-0.2, -0.15) is 4.98 Å². The van der Waals surface area contributed by atoms with Crippen LogP contribution in [0.3, 0.4) is 0 Å². The molecule has 3 rings (SSSR count). The second kappa shape index (κ2) is 5.90. The number of pyridine rings is 1. The van der Waals surface area contributed by atoms with Gasteiger partial charge >= 0.3 is 6.03 Å². The van der Waals surface area contributed by atoms with E-state index in [4.69, 9.17) is 4.52 Å². The first-order valence-corrected chi connectivity index (χ1v) is 6.98. The van der Waals surface area contributed by atoms with Gasteiger partial charge in [0.1, 0.15) is 0 Å². The molecule has 7 heteroatoms. The summed E-state index contributed by atoms with van der Waals surface area (Å²) in [5.41, 5.74) is 0.693. The molecule has 0 saturated carbocycles. The summed E-state index contributed by atoms with van der Waals surface area (Å²) in [4.78, 5) is 22.3. The van der Waals surface area contributed by atoms with Crippen LogP contribution in [0.2, 0.25) is 0 Å². The van der Waals surface area contributed by atoms with Gasteiger partial charge in [-0.15, -0.1) is 0 Å². The van der Waals surface area contributed by atoms with E-state index in [0.717, 1.165) is 19.4 Å². The number of piperidine rings is 1. The number of aryl methyl sites for hydroxylation is 1. The van der Waals surface area contributed by atoms with Crippen LogP contribution in [0.15, 0.2) is 29.0 Å². The minimum Gasteiger partial charge on any atom is -0.339 e. The Kier molecular flexibility index (Phi) is 3.81. The van der Waals surface area contributed by atoms with Crippen LogP contribution in [0.5, 0.6) is 0 Å². The van der Waals surface area contributed by atoms with E-state index >= 15 is 0 Å². The highest BCUT2D eigenvalue weighted by atomic mass is 16.5. The first kappa shape index (κ1) is 13.5. The van der Waals surface area contributed by atoms with Crippen LogP contribution in [-0.2, 0) is 0 Å². The third kappa shape index (κ3) is 3.18. The molecule has 3 heterocycles. The van der Waals surface area contributed by atoms with E-state index < -0.39 is 0 Å². The number of urea groups is 1. The largest absolute Gasteiger partial charge is 0.339 e. The molecule has 1 aliphatic rings. The SMILES string of the molecule is Cc1noc(C2CCCN(C(=O)Nc3cccnc3)C2)n1. The van der Waals surface area contributed by atoms with E-state index in [1.54, 1.807) is 30.3 Å². The van der Waals surface area contributed by atoms with Crippen molar-refractivity contribution in [1.29, 1.82) is 0 Å². The van der Waals surface area contributed by atoms with E-state index in [9.17, 15) is 4.79 Å². The number of rotatable bonds is 2. The average molecular weight is 287 g/mol. The summed E-state index contributed by atoms with van der Waals surface area (Å²) < 4.78 is 5.22. The Morgan fingerprint density at radius 2 is 2.43 bits per heavy atom. The van der Waals surface area contributed by atoms with Gasteiger partial charge in [0.15, 0.2) is 5.82 Å². The Balaban J connectivity index is 1.64. The average Bonchev–Trinajstić information content (AvgIpc) is 2.95. The van der Waals surface area contributed by atoms with Crippen LogP contribution in [0.1, 0.15) is 30.5 Å². The lowest BCUT2D eigenvalue weighted by atomic mass is 9.98. The summed E-state index contributed by atoms with van der Waals surface area (Å²) in [6.07, 6.45) is 5.18. The standard InChI is InChI=1S/C14H17N5O2/c1-10-16-13(21-18-10)11-4-3-7-19(9-11)14(20)17-12-5-2-6-15-8-12/h2,5-6,8,11H,3-4,7,9H2,1H3,(H,17,20). The zero-order chi connectivity index (χ0) is 14.7. The highest BCUT2D eigenvalue weighted by Gasteiger charge is 2.28. The van der Waals surface area contributed by atoms with Gasteiger partial charge in [0.2, 0.25) is 5.89 Å². The molecular weight excluding hydrogens is 270 g/mol. The van der Waals surface area contributed by atoms with Crippen LogP contribution in [0.25, 0.3) is 0 Å². The van der Waals surface area contributed by atoms with Gasteiger partial charge in [-0.1, -0.05) is 5.16 Å². The molecule has 2 amide bonds. The Morgan fingerprint density at radius 1 is 1.52 bits per heavy atom. The number of amides is 2.